The second-order valence-electron chi connectivity index (χ2n) is 11.2. The van der Waals surface area contributed by atoms with E-state index in [4.69, 9.17) is 4.74 Å². The molecule has 3 nitrogen and oxygen atoms in total. The maximum Gasteiger partial charge on any atom is 0.302 e. The van der Waals surface area contributed by atoms with Gasteiger partial charge in [-0.15, -0.1) is 0 Å². The van der Waals surface area contributed by atoms with Crippen LogP contribution in [0.1, 0.15) is 72.6 Å². The van der Waals surface area contributed by atoms with Gasteiger partial charge >= 0.3 is 5.97 Å². The number of aliphatic hydroxyl groups is 1. The molecule has 6 aliphatic rings. The zero-order chi connectivity index (χ0) is 17.8. The van der Waals surface area contributed by atoms with Gasteiger partial charge in [0.1, 0.15) is 6.10 Å². The Kier molecular flexibility index (Phi) is 3.08. The van der Waals surface area contributed by atoms with Gasteiger partial charge < -0.3 is 9.84 Å². The maximum absolute atomic E-state index is 11.6. The van der Waals surface area contributed by atoms with Crippen molar-refractivity contribution < 1.29 is 14.6 Å². The molecule has 0 aromatic rings. The van der Waals surface area contributed by atoms with Gasteiger partial charge in [0.25, 0.3) is 0 Å². The molecule has 4 bridgehead atoms. The number of hydrogen-bond donors (Lipinski definition) is 1. The third-order valence-corrected chi connectivity index (χ3v) is 10.2. The highest BCUT2D eigenvalue weighted by molar-refractivity contribution is 5.66. The average Bonchev–Trinajstić information content (AvgIpc) is 3.04. The molecular formula is C22H34O3. The highest BCUT2D eigenvalue weighted by Crippen LogP contribution is 2.85. The van der Waals surface area contributed by atoms with Crippen molar-refractivity contribution in [3.8, 4) is 0 Å². The van der Waals surface area contributed by atoms with Gasteiger partial charge in [-0.2, -0.15) is 0 Å². The van der Waals surface area contributed by atoms with Gasteiger partial charge in [0.2, 0.25) is 0 Å². The number of esters is 1. The van der Waals surface area contributed by atoms with Crippen LogP contribution in [-0.4, -0.2) is 23.8 Å². The summed E-state index contributed by atoms with van der Waals surface area (Å²) in [7, 11) is 0. The quantitative estimate of drug-likeness (QED) is 0.763. The van der Waals surface area contributed by atoms with Crippen molar-refractivity contribution in [2.24, 2.45) is 45.3 Å². The predicted octanol–water partition coefficient (Wildman–Crippen LogP) is 4.18. The van der Waals surface area contributed by atoms with Crippen molar-refractivity contribution in [1.29, 1.82) is 0 Å². The molecule has 3 heteroatoms. The first-order valence-electron chi connectivity index (χ1n) is 10.5. The van der Waals surface area contributed by atoms with Gasteiger partial charge in [0.15, 0.2) is 0 Å². The molecule has 1 N–H and O–H groups in total. The molecule has 0 radical (unpaired) electrons. The summed E-state index contributed by atoms with van der Waals surface area (Å²) >= 11 is 0. The standard InChI is InChI=1S/C22H34O3/c1-13(24)25-18-6-7-20(4)16(19(18,2)3)5-8-21-10-15-14(9-17(20)21)22(15,11-21)12-23/h14-18,23H,5-12H2,1-4H3/t14-,15+,16+,17-,18+,20+,21+,22+/m0/s1. The number of carbonyl (C=O) groups excluding carboxylic acids is 1. The van der Waals surface area contributed by atoms with Gasteiger partial charge in [-0.1, -0.05) is 20.8 Å². The zero-order valence-electron chi connectivity index (χ0n) is 16.3. The van der Waals surface area contributed by atoms with E-state index in [0.29, 0.717) is 28.8 Å². The fourth-order valence-electron chi connectivity index (χ4n) is 9.26. The second-order valence-corrected chi connectivity index (χ2v) is 11.2. The lowest BCUT2D eigenvalue weighted by molar-refractivity contribution is -0.204. The molecule has 0 unspecified atom stereocenters. The van der Waals surface area contributed by atoms with Crippen molar-refractivity contribution in [3.05, 3.63) is 0 Å². The minimum absolute atomic E-state index is 0.0680. The first-order chi connectivity index (χ1) is 11.7. The maximum atomic E-state index is 11.6. The summed E-state index contributed by atoms with van der Waals surface area (Å²) in [5.41, 5.74) is 1.29. The number of rotatable bonds is 2. The molecule has 0 heterocycles. The molecule has 0 aromatic heterocycles. The third kappa shape index (κ3) is 1.79. The van der Waals surface area contributed by atoms with Crippen molar-refractivity contribution >= 4 is 5.97 Å². The van der Waals surface area contributed by atoms with Crippen LogP contribution in [0, 0.1) is 45.3 Å². The lowest BCUT2D eigenvalue weighted by Crippen LogP contribution is -2.61. The summed E-state index contributed by atoms with van der Waals surface area (Å²) in [5, 5.41) is 10.0. The zero-order valence-corrected chi connectivity index (χ0v) is 16.3. The van der Waals surface area contributed by atoms with Gasteiger partial charge in [0, 0.05) is 24.4 Å². The molecule has 6 rings (SSSR count). The van der Waals surface area contributed by atoms with Gasteiger partial charge in [0.05, 0.1) is 0 Å². The minimum atomic E-state index is -0.126. The second kappa shape index (κ2) is 4.64. The van der Waals surface area contributed by atoms with Crippen LogP contribution < -0.4 is 0 Å². The molecule has 0 aromatic carbocycles. The molecule has 1 spiro atoms. The van der Waals surface area contributed by atoms with Gasteiger partial charge in [-0.05, 0) is 79.4 Å². The molecule has 140 valence electrons. The van der Waals surface area contributed by atoms with Gasteiger partial charge in [-0.3, -0.25) is 4.79 Å². The smallest absolute Gasteiger partial charge is 0.302 e. The van der Waals surface area contributed by atoms with E-state index in [9.17, 15) is 9.90 Å². The molecule has 0 saturated heterocycles. The molecule has 8 atom stereocenters. The van der Waals surface area contributed by atoms with E-state index in [0.717, 1.165) is 24.2 Å². The molecule has 0 amide bonds. The first-order valence-corrected chi connectivity index (χ1v) is 10.5. The van der Waals surface area contributed by atoms with E-state index in [1.807, 2.05) is 0 Å². The Morgan fingerprint density at radius 2 is 1.88 bits per heavy atom. The summed E-state index contributed by atoms with van der Waals surface area (Å²) in [5.74, 6) is 2.97. The highest BCUT2D eigenvalue weighted by Gasteiger charge is 2.80. The highest BCUT2D eigenvalue weighted by atomic mass is 16.5. The van der Waals surface area contributed by atoms with Crippen LogP contribution in [0.2, 0.25) is 0 Å². The van der Waals surface area contributed by atoms with E-state index in [2.05, 4.69) is 20.8 Å². The molecular weight excluding hydrogens is 312 g/mol. The summed E-state index contributed by atoms with van der Waals surface area (Å²) in [6, 6.07) is 0. The number of fused-ring (bicyclic) bond motifs is 1. The Labute approximate surface area is 151 Å². The van der Waals surface area contributed by atoms with Crippen molar-refractivity contribution in [2.45, 2.75) is 78.7 Å². The van der Waals surface area contributed by atoms with E-state index in [1.54, 1.807) is 6.92 Å². The van der Waals surface area contributed by atoms with Crippen LogP contribution >= 0.6 is 0 Å². The molecule has 0 aliphatic heterocycles. The summed E-state index contributed by atoms with van der Waals surface area (Å²) in [6.07, 6.45) is 8.95. The Balaban J connectivity index is 1.47. The van der Waals surface area contributed by atoms with Crippen molar-refractivity contribution in [1.82, 2.24) is 0 Å². The predicted molar refractivity (Wildman–Crippen MR) is 95.7 cm³/mol. The fourth-order valence-corrected chi connectivity index (χ4v) is 9.26. The number of carbonyl (C=O) groups is 1. The van der Waals surface area contributed by atoms with E-state index in [1.165, 1.54) is 38.5 Å². The first kappa shape index (κ1) is 16.6. The van der Waals surface area contributed by atoms with Crippen LogP contribution in [0.15, 0.2) is 0 Å². The molecule has 6 fully saturated rings. The summed E-state index contributed by atoms with van der Waals surface area (Å²) < 4.78 is 5.76. The molecule has 6 aliphatic carbocycles. The van der Waals surface area contributed by atoms with E-state index < -0.39 is 0 Å². The van der Waals surface area contributed by atoms with Gasteiger partial charge in [-0.25, -0.2) is 0 Å². The average molecular weight is 347 g/mol. The SMILES string of the molecule is CC(=O)O[C@@H]1CC[C@]2(C)[C@H](CC[C@]34C[C@@H]5[C@H](C[C@H]32)[C@]5(CO)C4)C1(C)C. The number of aliphatic hydroxyl groups excluding tert-OH is 1. The summed E-state index contributed by atoms with van der Waals surface area (Å²) in [6.45, 7) is 9.25. The van der Waals surface area contributed by atoms with Crippen molar-refractivity contribution in [3.63, 3.8) is 0 Å². The van der Waals surface area contributed by atoms with Crippen LogP contribution in [0.25, 0.3) is 0 Å². The third-order valence-electron chi connectivity index (χ3n) is 10.2. The van der Waals surface area contributed by atoms with E-state index >= 15 is 0 Å². The lowest BCUT2D eigenvalue weighted by atomic mass is 9.39. The Morgan fingerprint density at radius 3 is 2.52 bits per heavy atom. The van der Waals surface area contributed by atoms with Crippen LogP contribution in [-0.2, 0) is 9.53 Å². The van der Waals surface area contributed by atoms with Crippen LogP contribution in [0.4, 0.5) is 0 Å². The Bertz CT molecular complexity index is 627. The van der Waals surface area contributed by atoms with E-state index in [-0.39, 0.29) is 17.5 Å². The molecule has 25 heavy (non-hydrogen) atoms. The fraction of sp³-hybridized carbons (Fsp3) is 0.955. The van der Waals surface area contributed by atoms with Crippen LogP contribution in [0.3, 0.4) is 0 Å². The topological polar surface area (TPSA) is 46.5 Å². The minimum Gasteiger partial charge on any atom is -0.462 e. The molecule has 6 saturated carbocycles. The Hall–Kier alpha value is -0.570. The van der Waals surface area contributed by atoms with Crippen molar-refractivity contribution in [2.75, 3.05) is 6.61 Å². The summed E-state index contributed by atoms with van der Waals surface area (Å²) in [4.78, 5) is 11.6. The Morgan fingerprint density at radius 1 is 1.12 bits per heavy atom. The lowest BCUT2D eigenvalue weighted by Gasteiger charge is -2.66. The number of hydrogen-bond acceptors (Lipinski definition) is 3. The monoisotopic (exact) mass is 346 g/mol. The normalized spacial score (nSPS) is 57.4. The number of ether oxygens (including phenoxy) is 1. The largest absolute Gasteiger partial charge is 0.462 e. The van der Waals surface area contributed by atoms with Crippen LogP contribution in [0.5, 0.6) is 0 Å².